The average molecular weight is 843 g/mol. The van der Waals surface area contributed by atoms with E-state index in [9.17, 15) is 9.59 Å². The summed E-state index contributed by atoms with van der Waals surface area (Å²) in [5.41, 5.74) is 22.6. The number of amides is 2. The lowest BCUT2D eigenvalue weighted by Gasteiger charge is -2.15. The highest BCUT2D eigenvalue weighted by atomic mass is 16.2. The monoisotopic (exact) mass is 843 g/mol. The minimum Gasteiger partial charge on any atom is -0.398 e. The molecule has 9 nitrogen and oxygen atoms in total. The summed E-state index contributed by atoms with van der Waals surface area (Å²) < 4.78 is 2.29. The molecule has 0 unspecified atom stereocenters. The molecule has 0 fully saturated rings. The number of nitrogens with two attached hydrogens (primary N) is 1. The van der Waals surface area contributed by atoms with Crippen LogP contribution in [0.5, 0.6) is 0 Å². The summed E-state index contributed by atoms with van der Waals surface area (Å²) in [5, 5.41) is 13.4. The number of aryl methyl sites for hydroxylation is 3. The van der Waals surface area contributed by atoms with E-state index in [-0.39, 0.29) is 11.8 Å². The molecular weight excluding hydrogens is 779 g/mol. The quantitative estimate of drug-likeness (QED) is 0.0226. The van der Waals surface area contributed by atoms with Gasteiger partial charge in [-0.3, -0.25) is 9.59 Å². The van der Waals surface area contributed by atoms with E-state index in [0.29, 0.717) is 24.2 Å². The van der Waals surface area contributed by atoms with Crippen LogP contribution in [0.25, 0.3) is 38.9 Å². The SMILES string of the molecule is CC1=CCCC=C1NCCCCCCNC(=O)c1ccc(-c2ccc(C(=O)NCCCCCCNc3cc4c(cc3C)nc3cc(C)c(N)cc3[n+]4-c3ccccc3C)cc2)cc1. The van der Waals surface area contributed by atoms with Crippen molar-refractivity contribution in [2.75, 3.05) is 37.2 Å². The second kappa shape index (κ2) is 21.5. The number of aromatic nitrogens is 2. The molecule has 6 aromatic rings. The van der Waals surface area contributed by atoms with Crippen LogP contribution in [0.3, 0.4) is 0 Å². The lowest BCUT2D eigenvalue weighted by molar-refractivity contribution is -0.538. The number of nitrogens with one attached hydrogen (secondary N) is 4. The molecule has 1 aliphatic rings. The number of allylic oxidation sites excluding steroid dienone is 3. The van der Waals surface area contributed by atoms with Crippen molar-refractivity contribution >= 4 is 45.3 Å². The maximum atomic E-state index is 12.9. The van der Waals surface area contributed by atoms with E-state index in [4.69, 9.17) is 10.7 Å². The number of nitrogens with zero attached hydrogens (tertiary/aromatic N) is 2. The van der Waals surface area contributed by atoms with Gasteiger partial charge in [0.1, 0.15) is 11.0 Å². The molecule has 7 rings (SSSR count). The number of fused-ring (bicyclic) bond motifs is 2. The molecule has 0 bridgehead atoms. The van der Waals surface area contributed by atoms with Crippen LogP contribution in [-0.4, -0.2) is 43.0 Å². The zero-order valence-electron chi connectivity index (χ0n) is 37.6. The summed E-state index contributed by atoms with van der Waals surface area (Å²) in [7, 11) is 0. The van der Waals surface area contributed by atoms with Gasteiger partial charge in [-0.1, -0.05) is 80.3 Å². The van der Waals surface area contributed by atoms with E-state index in [0.717, 1.165) is 139 Å². The van der Waals surface area contributed by atoms with Crippen LogP contribution in [0.1, 0.15) is 109 Å². The minimum absolute atomic E-state index is 0.0459. The molecule has 2 amide bonds. The number of unbranched alkanes of at least 4 members (excludes halogenated alkanes) is 6. The fourth-order valence-electron chi connectivity index (χ4n) is 8.34. The normalized spacial score (nSPS) is 12.5. The van der Waals surface area contributed by atoms with E-state index >= 15 is 0 Å². The van der Waals surface area contributed by atoms with Crippen molar-refractivity contribution in [1.29, 1.82) is 0 Å². The Hall–Kier alpha value is -6.48. The van der Waals surface area contributed by atoms with Gasteiger partial charge >= 0.3 is 0 Å². The highest BCUT2D eigenvalue weighted by Crippen LogP contribution is 2.27. The molecule has 1 aliphatic carbocycles. The third-order valence-electron chi connectivity index (χ3n) is 12.2. The number of benzene rings is 5. The first-order valence-corrected chi connectivity index (χ1v) is 22.9. The predicted molar refractivity (Wildman–Crippen MR) is 260 cm³/mol. The van der Waals surface area contributed by atoms with Crippen LogP contribution in [0.4, 0.5) is 11.4 Å². The molecule has 63 heavy (non-hydrogen) atoms. The van der Waals surface area contributed by atoms with Crippen LogP contribution in [0.2, 0.25) is 0 Å². The summed E-state index contributed by atoms with van der Waals surface area (Å²) >= 11 is 0. The van der Waals surface area contributed by atoms with Crippen LogP contribution >= 0.6 is 0 Å². The fraction of sp³-hybridized carbons (Fsp3) is 0.333. The molecule has 5 aromatic carbocycles. The summed E-state index contributed by atoms with van der Waals surface area (Å²) in [6, 6.07) is 32.3. The van der Waals surface area contributed by atoms with E-state index in [2.05, 4.69) is 101 Å². The molecule has 0 radical (unpaired) electrons. The van der Waals surface area contributed by atoms with Crippen molar-refractivity contribution in [1.82, 2.24) is 20.9 Å². The third kappa shape index (κ3) is 11.5. The Morgan fingerprint density at radius 2 is 1.10 bits per heavy atom. The van der Waals surface area contributed by atoms with Gasteiger partial charge in [0.25, 0.3) is 11.8 Å². The van der Waals surface area contributed by atoms with Crippen molar-refractivity contribution < 1.29 is 14.2 Å². The van der Waals surface area contributed by atoms with Gasteiger partial charge in [-0.05, 0) is 130 Å². The number of carbonyl (C=O) groups excluding carboxylic acids is 2. The number of carbonyl (C=O) groups is 2. The standard InChI is InChI=1S/C54H63N7O2/c1-37-17-9-11-19-46(37)56-29-13-5-7-15-31-58-53(62)43-25-21-41(22-26-43)42-23-27-44(28-24-42)54(63)59-32-16-8-6-14-30-57-47-36-52-49(34-40(47)4)60-48-33-39(3)45(55)35-51(48)61(52)50-20-12-10-18-38(50)2/h10,12,17-28,33-36,56H,5-9,11,13-16,29-32H2,1-4H3,(H4,55,57,58,59,62,63)/p+1. The predicted octanol–water partition coefficient (Wildman–Crippen LogP) is 10.7. The van der Waals surface area contributed by atoms with Crippen molar-refractivity contribution in [2.24, 2.45) is 0 Å². The zero-order valence-corrected chi connectivity index (χ0v) is 37.6. The molecule has 0 saturated carbocycles. The smallest absolute Gasteiger partial charge is 0.251 e. The van der Waals surface area contributed by atoms with Gasteiger partial charge in [0.05, 0.1) is 0 Å². The maximum absolute atomic E-state index is 12.9. The highest BCUT2D eigenvalue weighted by molar-refractivity contribution is 5.96. The number of nitrogen functional groups attached to an aromatic ring is 1. The molecule has 326 valence electrons. The van der Waals surface area contributed by atoms with Crippen LogP contribution < -0.4 is 31.6 Å². The zero-order chi connectivity index (χ0) is 44.1. The van der Waals surface area contributed by atoms with Crippen LogP contribution in [0.15, 0.2) is 120 Å². The fourth-order valence-corrected chi connectivity index (χ4v) is 8.34. The first kappa shape index (κ1) is 44.6. The highest BCUT2D eigenvalue weighted by Gasteiger charge is 2.23. The summed E-state index contributed by atoms with van der Waals surface area (Å²) in [6.07, 6.45) is 15.3. The van der Waals surface area contributed by atoms with E-state index < -0.39 is 0 Å². The number of hydrogen-bond donors (Lipinski definition) is 5. The van der Waals surface area contributed by atoms with Crippen molar-refractivity contribution in [3.8, 4) is 16.8 Å². The molecule has 9 heteroatoms. The Bertz CT molecular complexity index is 2610. The van der Waals surface area contributed by atoms with Gasteiger partial charge in [0, 0.05) is 78.1 Å². The largest absolute Gasteiger partial charge is 0.398 e. The van der Waals surface area contributed by atoms with Crippen LogP contribution in [0, 0.1) is 20.8 Å². The molecule has 0 spiro atoms. The average Bonchev–Trinajstić information content (AvgIpc) is 3.29. The summed E-state index contributed by atoms with van der Waals surface area (Å²) in [5.74, 6) is -0.109. The van der Waals surface area contributed by atoms with E-state index in [1.165, 1.54) is 16.8 Å². The number of rotatable bonds is 20. The van der Waals surface area contributed by atoms with Crippen molar-refractivity contribution in [2.45, 2.75) is 91.9 Å². The van der Waals surface area contributed by atoms with Crippen molar-refractivity contribution in [3.05, 3.63) is 148 Å². The molecule has 1 aromatic heterocycles. The Morgan fingerprint density at radius 3 is 1.68 bits per heavy atom. The molecule has 6 N–H and O–H groups in total. The van der Waals surface area contributed by atoms with Crippen LogP contribution in [-0.2, 0) is 0 Å². The van der Waals surface area contributed by atoms with Crippen molar-refractivity contribution in [3.63, 3.8) is 0 Å². The Balaban J connectivity index is 0.803. The topological polar surface area (TPSA) is 125 Å². The van der Waals surface area contributed by atoms with Gasteiger partial charge in [0.2, 0.25) is 16.7 Å². The van der Waals surface area contributed by atoms with Gasteiger partial charge in [0.15, 0.2) is 0 Å². The molecule has 0 saturated heterocycles. The molecule has 1 heterocycles. The molecular formula is C54H64N7O2+. The first-order valence-electron chi connectivity index (χ1n) is 22.9. The number of hydrogen-bond acceptors (Lipinski definition) is 6. The van der Waals surface area contributed by atoms with Gasteiger partial charge < -0.3 is 27.0 Å². The Labute approximate surface area is 373 Å². The van der Waals surface area contributed by atoms with Gasteiger partial charge in [-0.25, -0.2) is 4.98 Å². The van der Waals surface area contributed by atoms with Gasteiger partial charge in [-0.15, -0.1) is 4.57 Å². The van der Waals surface area contributed by atoms with Gasteiger partial charge in [-0.2, -0.15) is 0 Å². The molecule has 0 atom stereocenters. The number of anilines is 2. The summed E-state index contributed by atoms with van der Waals surface area (Å²) in [6.45, 7) is 11.6. The minimum atomic E-state index is -0.0636. The Morgan fingerprint density at radius 1 is 0.571 bits per heavy atom. The second-order valence-corrected chi connectivity index (χ2v) is 17.0. The third-order valence-corrected chi connectivity index (χ3v) is 12.2. The maximum Gasteiger partial charge on any atom is 0.251 e. The lowest BCUT2D eigenvalue weighted by Crippen LogP contribution is -2.34. The lowest BCUT2D eigenvalue weighted by atomic mass is 10.0. The first-order chi connectivity index (χ1) is 30.7. The van der Waals surface area contributed by atoms with E-state index in [1.807, 2.05) is 61.5 Å². The second-order valence-electron chi connectivity index (χ2n) is 17.0. The van der Waals surface area contributed by atoms with E-state index in [1.54, 1.807) is 0 Å². The summed E-state index contributed by atoms with van der Waals surface area (Å²) in [4.78, 5) is 30.7. The Kier molecular flexibility index (Phi) is 15.2. The number of para-hydroxylation sites is 1. The molecule has 0 aliphatic heterocycles.